The highest BCUT2D eigenvalue weighted by Crippen LogP contribution is 2.25. The number of likely N-dealkylation sites (N-methyl/N-ethyl adjacent to an activating group) is 1. The monoisotopic (exact) mass is 589 g/mol. The summed E-state index contributed by atoms with van der Waals surface area (Å²) in [6.07, 6.45) is 0.553. The Balaban J connectivity index is 1.35. The van der Waals surface area contributed by atoms with Crippen molar-refractivity contribution in [3.05, 3.63) is 91.8 Å². The number of aryl methyl sites for hydroxylation is 2. The molecule has 1 aromatic heterocycles. The first kappa shape index (κ1) is 29.8. The molecule has 3 amide bonds. The van der Waals surface area contributed by atoms with Gasteiger partial charge in [0.05, 0.1) is 31.7 Å². The number of rotatable bonds is 2. The van der Waals surface area contributed by atoms with Gasteiger partial charge in [-0.15, -0.1) is 0 Å². The summed E-state index contributed by atoms with van der Waals surface area (Å²) in [5.41, 5.74) is 1.10. The zero-order valence-corrected chi connectivity index (χ0v) is 24.2. The lowest BCUT2D eigenvalue weighted by molar-refractivity contribution is -0.138. The molecule has 0 aliphatic carbocycles. The van der Waals surface area contributed by atoms with Gasteiger partial charge in [-0.2, -0.15) is 0 Å². The number of carbonyl (C=O) groups excluding carboxylic acids is 3. The second-order valence-corrected chi connectivity index (χ2v) is 11.0. The van der Waals surface area contributed by atoms with E-state index in [1.165, 1.54) is 4.90 Å². The number of benzene rings is 2. The summed E-state index contributed by atoms with van der Waals surface area (Å²) in [6, 6.07) is 14.6. The quantitative estimate of drug-likeness (QED) is 0.409. The first-order valence-corrected chi connectivity index (χ1v) is 14.2. The minimum atomic E-state index is -0.633. The maximum Gasteiger partial charge on any atom is 0.325 e. The molecule has 12 heteroatoms. The lowest BCUT2D eigenvalue weighted by Gasteiger charge is -2.39. The van der Waals surface area contributed by atoms with Crippen LogP contribution in [0.15, 0.2) is 58.1 Å². The Labute approximate surface area is 248 Å². The smallest absolute Gasteiger partial charge is 0.325 e. The van der Waals surface area contributed by atoms with Crippen LogP contribution in [-0.2, 0) is 38.6 Å². The predicted octanol–water partition coefficient (Wildman–Crippen LogP) is 1.41. The number of nitrogens with zero attached hydrogens (tertiary/aromatic N) is 2. The molecule has 0 unspecified atom stereocenters. The standard InChI is InChI=1S/C31H35N5O7/c1-19-24(30(40)34-31(41)32-19)15-29(39)36-12-11-26-25(16-36)33-27(37)17-35(2)28(38)10-9-20-5-3-7-22(13-20)43-23-8-4-6-21(14-23)18-42-26/h3-8,13-14,25-26H,9-12,15-18H2,1-2H3,(H,33,37)(H2,32,34,40,41)/t25-,26+/m0/s1. The van der Waals surface area contributed by atoms with E-state index in [0.717, 1.165) is 11.1 Å². The van der Waals surface area contributed by atoms with Crippen molar-refractivity contribution in [1.82, 2.24) is 25.1 Å². The summed E-state index contributed by atoms with van der Waals surface area (Å²) in [5.74, 6) is 0.453. The molecular formula is C31H35N5O7. The Bertz CT molecular complexity index is 1630. The fraction of sp³-hybridized carbons (Fsp3) is 0.387. The van der Waals surface area contributed by atoms with Gasteiger partial charge in [0.2, 0.25) is 17.7 Å². The number of H-pyrrole nitrogens is 2. The molecule has 0 radical (unpaired) electrons. The Morgan fingerprint density at radius 2 is 1.70 bits per heavy atom. The van der Waals surface area contributed by atoms with E-state index in [2.05, 4.69) is 15.3 Å². The van der Waals surface area contributed by atoms with E-state index in [0.29, 0.717) is 36.6 Å². The number of ether oxygens (including phenoxy) is 2. The number of fused-ring (bicyclic) bond motifs is 5. The first-order chi connectivity index (χ1) is 20.6. The largest absolute Gasteiger partial charge is 0.457 e. The SMILES string of the molecule is Cc1[nH]c(=O)[nH]c(=O)c1CC(=O)N1CC[C@H]2OCc3cccc(c3)Oc3cccc(c3)CCC(=O)N(C)CC(=O)N[C@H]2C1. The second kappa shape index (κ2) is 13.1. The molecule has 12 nitrogen and oxygen atoms in total. The minimum Gasteiger partial charge on any atom is -0.457 e. The molecule has 2 aromatic carbocycles. The molecule has 0 spiro atoms. The fourth-order valence-electron chi connectivity index (χ4n) is 5.40. The molecular weight excluding hydrogens is 554 g/mol. The lowest BCUT2D eigenvalue weighted by atomic mass is 10.0. The predicted molar refractivity (Wildman–Crippen MR) is 157 cm³/mol. The van der Waals surface area contributed by atoms with Crippen LogP contribution >= 0.6 is 0 Å². The summed E-state index contributed by atoms with van der Waals surface area (Å²) in [4.78, 5) is 70.7. The molecule has 1 fully saturated rings. The van der Waals surface area contributed by atoms with Crippen LogP contribution in [-0.4, -0.2) is 76.3 Å². The van der Waals surface area contributed by atoms with Crippen molar-refractivity contribution < 1.29 is 23.9 Å². The van der Waals surface area contributed by atoms with Gasteiger partial charge in [-0.1, -0.05) is 24.3 Å². The molecule has 5 rings (SSSR count). The molecule has 43 heavy (non-hydrogen) atoms. The van der Waals surface area contributed by atoms with Crippen LogP contribution in [0.1, 0.15) is 35.2 Å². The van der Waals surface area contributed by atoms with Gasteiger partial charge >= 0.3 is 5.69 Å². The van der Waals surface area contributed by atoms with Gasteiger partial charge < -0.3 is 29.6 Å². The van der Waals surface area contributed by atoms with Gasteiger partial charge in [0, 0.05) is 37.8 Å². The molecule has 4 bridgehead atoms. The molecule has 3 N–H and O–H groups in total. The highest BCUT2D eigenvalue weighted by molar-refractivity contribution is 5.85. The van der Waals surface area contributed by atoms with Crippen molar-refractivity contribution in [2.45, 2.75) is 51.4 Å². The molecule has 3 heterocycles. The number of carbonyl (C=O) groups is 3. The Kier molecular flexibility index (Phi) is 9.05. The van der Waals surface area contributed by atoms with Gasteiger partial charge in [0.25, 0.3) is 5.56 Å². The van der Waals surface area contributed by atoms with Gasteiger partial charge in [-0.3, -0.25) is 24.2 Å². The van der Waals surface area contributed by atoms with E-state index < -0.39 is 23.4 Å². The topological polar surface area (TPSA) is 154 Å². The number of hydrogen-bond donors (Lipinski definition) is 3. The van der Waals surface area contributed by atoms with Crippen LogP contribution in [0.3, 0.4) is 0 Å². The molecule has 226 valence electrons. The molecule has 1 saturated heterocycles. The van der Waals surface area contributed by atoms with Crippen molar-refractivity contribution >= 4 is 17.7 Å². The van der Waals surface area contributed by atoms with Crippen LogP contribution in [0.4, 0.5) is 0 Å². The van der Waals surface area contributed by atoms with Crippen LogP contribution in [0.25, 0.3) is 0 Å². The van der Waals surface area contributed by atoms with E-state index in [-0.39, 0.29) is 55.8 Å². The van der Waals surface area contributed by atoms with Gasteiger partial charge in [-0.05, 0) is 55.2 Å². The molecule has 2 aliphatic heterocycles. The highest BCUT2D eigenvalue weighted by atomic mass is 16.5. The fourth-order valence-corrected chi connectivity index (χ4v) is 5.40. The van der Waals surface area contributed by atoms with Crippen molar-refractivity contribution in [3.8, 4) is 11.5 Å². The number of likely N-dealkylation sites (tertiary alicyclic amines) is 1. The minimum absolute atomic E-state index is 0.146. The summed E-state index contributed by atoms with van der Waals surface area (Å²) in [7, 11) is 1.58. The average Bonchev–Trinajstić information content (AvgIpc) is 2.96. The van der Waals surface area contributed by atoms with Gasteiger partial charge in [-0.25, -0.2) is 4.79 Å². The van der Waals surface area contributed by atoms with Crippen molar-refractivity contribution in [3.63, 3.8) is 0 Å². The van der Waals surface area contributed by atoms with Crippen LogP contribution in [0.2, 0.25) is 0 Å². The lowest BCUT2D eigenvalue weighted by Crippen LogP contribution is -2.58. The maximum absolute atomic E-state index is 13.2. The van der Waals surface area contributed by atoms with E-state index in [1.54, 1.807) is 18.9 Å². The Hall–Kier alpha value is -4.71. The van der Waals surface area contributed by atoms with Crippen LogP contribution in [0, 0.1) is 6.92 Å². The second-order valence-electron chi connectivity index (χ2n) is 11.0. The average molecular weight is 590 g/mol. The summed E-state index contributed by atoms with van der Waals surface area (Å²) in [6.45, 7) is 2.19. The third kappa shape index (κ3) is 7.58. The number of nitrogens with one attached hydrogen (secondary N) is 3. The Morgan fingerprint density at radius 1 is 0.977 bits per heavy atom. The third-order valence-corrected chi connectivity index (χ3v) is 7.76. The first-order valence-electron chi connectivity index (χ1n) is 14.2. The molecule has 3 aromatic rings. The zero-order chi connectivity index (χ0) is 30.5. The van der Waals surface area contributed by atoms with E-state index in [4.69, 9.17) is 9.47 Å². The number of amides is 3. The van der Waals surface area contributed by atoms with E-state index in [1.807, 2.05) is 48.5 Å². The van der Waals surface area contributed by atoms with Gasteiger partial charge in [0.15, 0.2) is 0 Å². The molecule has 0 saturated carbocycles. The number of aromatic nitrogens is 2. The van der Waals surface area contributed by atoms with E-state index >= 15 is 0 Å². The molecule has 2 aliphatic rings. The van der Waals surface area contributed by atoms with Crippen LogP contribution < -0.4 is 21.3 Å². The number of piperidine rings is 1. The third-order valence-electron chi connectivity index (χ3n) is 7.76. The summed E-state index contributed by atoms with van der Waals surface area (Å²) < 4.78 is 12.4. The van der Waals surface area contributed by atoms with Gasteiger partial charge in [0.1, 0.15) is 11.5 Å². The highest BCUT2D eigenvalue weighted by Gasteiger charge is 2.34. The van der Waals surface area contributed by atoms with Crippen molar-refractivity contribution in [2.24, 2.45) is 0 Å². The van der Waals surface area contributed by atoms with Crippen molar-refractivity contribution in [2.75, 3.05) is 26.7 Å². The maximum atomic E-state index is 13.2. The summed E-state index contributed by atoms with van der Waals surface area (Å²) >= 11 is 0. The molecule has 2 atom stereocenters. The van der Waals surface area contributed by atoms with E-state index in [9.17, 15) is 24.0 Å². The Morgan fingerprint density at radius 3 is 2.44 bits per heavy atom. The number of hydrogen-bond acceptors (Lipinski definition) is 7. The zero-order valence-electron chi connectivity index (χ0n) is 24.2. The van der Waals surface area contributed by atoms with Crippen molar-refractivity contribution in [1.29, 1.82) is 0 Å². The van der Waals surface area contributed by atoms with Crippen LogP contribution in [0.5, 0.6) is 11.5 Å². The number of aromatic amines is 2. The normalized spacial score (nSPS) is 19.9. The summed E-state index contributed by atoms with van der Waals surface area (Å²) in [5, 5.41) is 2.97.